The zero-order valence-electron chi connectivity index (χ0n) is 15.0. The second-order valence-electron chi connectivity index (χ2n) is 7.17. The monoisotopic (exact) mass is 443 g/mol. The van der Waals surface area contributed by atoms with E-state index in [1.54, 1.807) is 29.2 Å². The van der Waals surface area contributed by atoms with Gasteiger partial charge in [-0.3, -0.25) is 0 Å². The Balaban J connectivity index is 1.57. The van der Waals surface area contributed by atoms with Gasteiger partial charge >= 0.3 is 6.03 Å². The van der Waals surface area contributed by atoms with E-state index in [9.17, 15) is 13.2 Å². The summed E-state index contributed by atoms with van der Waals surface area (Å²) in [5.41, 5.74) is 0. The number of piperazine rings is 1. The van der Waals surface area contributed by atoms with Crippen molar-refractivity contribution in [2.45, 2.75) is 43.5 Å². The van der Waals surface area contributed by atoms with E-state index in [0.29, 0.717) is 32.1 Å². The van der Waals surface area contributed by atoms with E-state index in [-0.39, 0.29) is 17.0 Å². The Morgan fingerprint density at radius 3 is 2.50 bits per heavy atom. The van der Waals surface area contributed by atoms with E-state index in [2.05, 4.69) is 28.2 Å². The van der Waals surface area contributed by atoms with Gasteiger partial charge in [0.1, 0.15) is 0 Å². The number of hydrogen-bond donors (Lipinski definition) is 1. The quantitative estimate of drug-likeness (QED) is 0.779. The van der Waals surface area contributed by atoms with Crippen LogP contribution in [0.2, 0.25) is 0 Å². The summed E-state index contributed by atoms with van der Waals surface area (Å²) in [6, 6.07) is 6.89. The van der Waals surface area contributed by atoms with Gasteiger partial charge in [-0.1, -0.05) is 41.8 Å². The molecule has 1 saturated heterocycles. The van der Waals surface area contributed by atoms with Crippen molar-refractivity contribution in [2.75, 3.05) is 26.2 Å². The minimum atomic E-state index is -3.52. The molecule has 0 bridgehead atoms. The van der Waals surface area contributed by atoms with E-state index in [0.717, 1.165) is 23.7 Å². The van der Waals surface area contributed by atoms with Crippen LogP contribution >= 0.6 is 15.9 Å². The maximum absolute atomic E-state index is 12.8. The number of sulfonamides is 1. The fraction of sp³-hybridized carbons (Fsp3) is 0.611. The first-order valence-corrected chi connectivity index (χ1v) is 11.4. The molecule has 2 unspecified atom stereocenters. The molecule has 1 aromatic rings. The third-order valence-corrected chi connectivity index (χ3v) is 7.77. The van der Waals surface area contributed by atoms with Crippen LogP contribution in [0.3, 0.4) is 0 Å². The number of halogens is 1. The van der Waals surface area contributed by atoms with Gasteiger partial charge in [-0.05, 0) is 37.0 Å². The van der Waals surface area contributed by atoms with Crippen molar-refractivity contribution in [3.05, 3.63) is 28.7 Å². The highest BCUT2D eigenvalue weighted by molar-refractivity contribution is 9.10. The van der Waals surface area contributed by atoms with Gasteiger partial charge in [0.25, 0.3) is 0 Å². The van der Waals surface area contributed by atoms with E-state index in [4.69, 9.17) is 0 Å². The summed E-state index contributed by atoms with van der Waals surface area (Å²) in [4.78, 5) is 14.5. The number of urea groups is 1. The van der Waals surface area contributed by atoms with Crippen molar-refractivity contribution in [3.8, 4) is 0 Å². The molecule has 1 aliphatic carbocycles. The van der Waals surface area contributed by atoms with Gasteiger partial charge in [0.2, 0.25) is 10.0 Å². The number of amides is 2. The standard InChI is InChI=1S/C18H26BrN3O3S/c1-14-5-2-3-8-17(14)20-18(23)21-9-11-22(12-10-21)26(24,25)16-7-4-6-15(19)13-16/h4,6-7,13-14,17H,2-3,5,8-12H2,1H3,(H,20,23). The second kappa shape index (κ2) is 8.27. The average Bonchev–Trinajstić information content (AvgIpc) is 2.63. The maximum Gasteiger partial charge on any atom is 0.317 e. The van der Waals surface area contributed by atoms with Crippen LogP contribution in [-0.2, 0) is 10.0 Å². The van der Waals surface area contributed by atoms with Gasteiger partial charge in [0, 0.05) is 36.7 Å². The number of carbonyl (C=O) groups excluding carboxylic acids is 1. The molecular formula is C18H26BrN3O3S. The zero-order chi connectivity index (χ0) is 18.7. The molecule has 2 fully saturated rings. The topological polar surface area (TPSA) is 69.7 Å². The van der Waals surface area contributed by atoms with E-state index in [1.807, 2.05) is 0 Å². The van der Waals surface area contributed by atoms with Crippen molar-refractivity contribution < 1.29 is 13.2 Å². The van der Waals surface area contributed by atoms with Crippen LogP contribution in [0.1, 0.15) is 32.6 Å². The number of nitrogens with zero attached hydrogens (tertiary/aromatic N) is 2. The van der Waals surface area contributed by atoms with Crippen LogP contribution in [0.15, 0.2) is 33.6 Å². The highest BCUT2D eigenvalue weighted by Crippen LogP contribution is 2.24. The lowest BCUT2D eigenvalue weighted by molar-refractivity contribution is 0.161. The van der Waals surface area contributed by atoms with Crippen LogP contribution in [0, 0.1) is 5.92 Å². The van der Waals surface area contributed by atoms with Crippen molar-refractivity contribution >= 4 is 32.0 Å². The van der Waals surface area contributed by atoms with Gasteiger partial charge in [-0.2, -0.15) is 4.31 Å². The predicted molar refractivity (Wildman–Crippen MR) is 104 cm³/mol. The highest BCUT2D eigenvalue weighted by Gasteiger charge is 2.31. The van der Waals surface area contributed by atoms with Crippen molar-refractivity contribution in [1.29, 1.82) is 0 Å². The summed E-state index contributed by atoms with van der Waals surface area (Å²) in [5.74, 6) is 0.505. The third-order valence-electron chi connectivity index (χ3n) is 5.38. The molecule has 26 heavy (non-hydrogen) atoms. The molecule has 1 heterocycles. The fourth-order valence-corrected chi connectivity index (χ4v) is 5.71. The van der Waals surface area contributed by atoms with Crippen LogP contribution in [0.25, 0.3) is 0 Å². The molecule has 0 aromatic heterocycles. The first-order chi connectivity index (χ1) is 12.4. The number of rotatable bonds is 3. The lowest BCUT2D eigenvalue weighted by atomic mass is 9.86. The Labute approximate surface area is 164 Å². The SMILES string of the molecule is CC1CCCCC1NC(=O)N1CCN(S(=O)(=O)c2cccc(Br)c2)CC1. The Bertz CT molecular complexity index is 748. The van der Waals surface area contributed by atoms with E-state index >= 15 is 0 Å². The second-order valence-corrected chi connectivity index (χ2v) is 10.0. The van der Waals surface area contributed by atoms with Crippen molar-refractivity contribution in [1.82, 2.24) is 14.5 Å². The Morgan fingerprint density at radius 1 is 1.15 bits per heavy atom. The Hall–Kier alpha value is -1.12. The lowest BCUT2D eigenvalue weighted by Crippen LogP contribution is -2.55. The van der Waals surface area contributed by atoms with Gasteiger partial charge in [0.05, 0.1) is 4.90 Å². The smallest absolute Gasteiger partial charge is 0.317 e. The fourth-order valence-electron chi connectivity index (χ4n) is 3.69. The van der Waals surface area contributed by atoms with Crippen LogP contribution in [0.5, 0.6) is 0 Å². The largest absolute Gasteiger partial charge is 0.335 e. The lowest BCUT2D eigenvalue weighted by Gasteiger charge is -2.36. The summed E-state index contributed by atoms with van der Waals surface area (Å²) in [7, 11) is -3.52. The van der Waals surface area contributed by atoms with E-state index in [1.165, 1.54) is 10.7 Å². The average molecular weight is 444 g/mol. The summed E-state index contributed by atoms with van der Waals surface area (Å²) >= 11 is 3.32. The molecule has 6 nitrogen and oxygen atoms in total. The summed E-state index contributed by atoms with van der Waals surface area (Å²) < 4.78 is 27.7. The molecule has 1 aliphatic heterocycles. The Kier molecular flexibility index (Phi) is 6.25. The van der Waals surface area contributed by atoms with Crippen LogP contribution in [-0.4, -0.2) is 55.9 Å². The number of benzene rings is 1. The first-order valence-electron chi connectivity index (χ1n) is 9.19. The summed E-state index contributed by atoms with van der Waals surface area (Å²) in [5, 5.41) is 3.14. The minimum absolute atomic E-state index is 0.0664. The molecular weight excluding hydrogens is 418 g/mol. The van der Waals surface area contributed by atoms with Crippen LogP contribution < -0.4 is 5.32 Å². The molecule has 2 aliphatic rings. The molecule has 0 radical (unpaired) electrons. The maximum atomic E-state index is 12.8. The molecule has 144 valence electrons. The molecule has 8 heteroatoms. The number of hydrogen-bond acceptors (Lipinski definition) is 3. The van der Waals surface area contributed by atoms with Gasteiger partial charge in [-0.15, -0.1) is 0 Å². The number of carbonyl (C=O) groups is 1. The normalized spacial score (nSPS) is 25.1. The first kappa shape index (κ1) is 19.6. The summed E-state index contributed by atoms with van der Waals surface area (Å²) in [6.45, 7) is 3.66. The van der Waals surface area contributed by atoms with Gasteiger partial charge < -0.3 is 10.2 Å². The molecule has 0 spiro atoms. The molecule has 3 rings (SSSR count). The molecule has 1 saturated carbocycles. The van der Waals surface area contributed by atoms with E-state index < -0.39 is 10.0 Å². The molecule has 1 N–H and O–H groups in total. The van der Waals surface area contributed by atoms with Gasteiger partial charge in [0.15, 0.2) is 0 Å². The van der Waals surface area contributed by atoms with Gasteiger partial charge in [-0.25, -0.2) is 13.2 Å². The zero-order valence-corrected chi connectivity index (χ0v) is 17.4. The number of nitrogens with one attached hydrogen (secondary N) is 1. The summed E-state index contributed by atoms with van der Waals surface area (Å²) in [6.07, 6.45) is 4.58. The Morgan fingerprint density at radius 2 is 1.85 bits per heavy atom. The predicted octanol–water partition coefficient (Wildman–Crippen LogP) is 3.04. The van der Waals surface area contributed by atoms with Crippen molar-refractivity contribution in [2.24, 2.45) is 5.92 Å². The van der Waals surface area contributed by atoms with Crippen LogP contribution in [0.4, 0.5) is 4.79 Å². The molecule has 2 atom stereocenters. The molecule has 2 amide bonds. The minimum Gasteiger partial charge on any atom is -0.335 e. The third kappa shape index (κ3) is 4.40. The highest BCUT2D eigenvalue weighted by atomic mass is 79.9. The molecule has 1 aromatic carbocycles. The van der Waals surface area contributed by atoms with Crippen molar-refractivity contribution in [3.63, 3.8) is 0 Å².